The number of ether oxygens (including phenoxy) is 1. The fraction of sp³-hybridized carbons (Fsp3) is 0.409. The number of aryl methyl sites for hydroxylation is 2. The van der Waals surface area contributed by atoms with Crippen LogP contribution in [0.2, 0.25) is 0 Å². The van der Waals surface area contributed by atoms with Gasteiger partial charge in [0, 0.05) is 12.2 Å². The van der Waals surface area contributed by atoms with E-state index >= 15 is 0 Å². The Morgan fingerprint density at radius 2 is 1.86 bits per heavy atom. The average Bonchev–Trinajstić information content (AvgIpc) is 3.43. The molecule has 1 saturated heterocycles. The van der Waals surface area contributed by atoms with Crippen LogP contribution in [0, 0.1) is 0 Å². The Morgan fingerprint density at radius 1 is 1.14 bits per heavy atom. The smallest absolute Gasteiger partial charge is 0.329 e. The highest BCUT2D eigenvalue weighted by molar-refractivity contribution is 5.96. The average molecular weight is 398 g/mol. The van der Waals surface area contributed by atoms with Crippen LogP contribution in [0.1, 0.15) is 48.4 Å². The number of carbonyl (C=O) groups is 3. The minimum Gasteiger partial charge on any atom is -0.459 e. The molecular weight excluding hydrogens is 372 g/mol. The van der Waals surface area contributed by atoms with Crippen LogP contribution in [0.3, 0.4) is 0 Å². The number of nitrogens with zero attached hydrogens (tertiary/aromatic N) is 1. The lowest BCUT2D eigenvalue weighted by Crippen LogP contribution is -2.42. The van der Waals surface area contributed by atoms with E-state index in [4.69, 9.17) is 9.15 Å². The van der Waals surface area contributed by atoms with Crippen LogP contribution < -0.4 is 5.32 Å². The number of para-hydroxylation sites is 1. The Bertz CT molecular complexity index is 853. The first-order chi connectivity index (χ1) is 14.0. The van der Waals surface area contributed by atoms with Crippen molar-refractivity contribution in [2.24, 2.45) is 0 Å². The van der Waals surface area contributed by atoms with Crippen molar-refractivity contribution in [3.63, 3.8) is 0 Å². The fourth-order valence-electron chi connectivity index (χ4n) is 3.61. The maximum atomic E-state index is 12.5. The zero-order valence-electron chi connectivity index (χ0n) is 16.8. The van der Waals surface area contributed by atoms with Crippen LogP contribution in [0.15, 0.2) is 41.0 Å². The standard InChI is InChI=1S/C22H26N2O5/c1-3-15-8-5-9-16(4-2)20(15)23-19(25)14-29-22(27)17-10-6-12-24(17)21(26)18-11-7-13-28-18/h5,7-9,11,13,17H,3-4,6,10,12,14H2,1-2H3,(H,23,25)/t17-/m0/s1. The minimum atomic E-state index is -0.700. The molecule has 1 aliphatic rings. The summed E-state index contributed by atoms with van der Waals surface area (Å²) in [4.78, 5) is 38.8. The molecule has 0 aliphatic carbocycles. The van der Waals surface area contributed by atoms with Crippen LogP contribution in [-0.2, 0) is 27.2 Å². The number of furan rings is 1. The first kappa shape index (κ1) is 20.6. The van der Waals surface area contributed by atoms with E-state index in [1.807, 2.05) is 32.0 Å². The number of hydrogen-bond acceptors (Lipinski definition) is 5. The second-order valence-corrected chi connectivity index (χ2v) is 6.95. The van der Waals surface area contributed by atoms with Crippen molar-refractivity contribution in [3.05, 3.63) is 53.5 Å². The molecule has 3 rings (SSSR count). The zero-order valence-corrected chi connectivity index (χ0v) is 16.8. The SMILES string of the molecule is CCc1cccc(CC)c1NC(=O)COC(=O)[C@@H]1CCCN1C(=O)c1ccco1. The molecule has 1 aromatic carbocycles. The van der Waals surface area contributed by atoms with Gasteiger partial charge in [0.25, 0.3) is 11.8 Å². The highest BCUT2D eigenvalue weighted by Gasteiger charge is 2.36. The van der Waals surface area contributed by atoms with Gasteiger partial charge in [0.1, 0.15) is 6.04 Å². The number of nitrogens with one attached hydrogen (secondary N) is 1. The van der Waals surface area contributed by atoms with Crippen LogP contribution in [0.5, 0.6) is 0 Å². The van der Waals surface area contributed by atoms with Crippen molar-refractivity contribution < 1.29 is 23.5 Å². The number of carbonyl (C=O) groups excluding carboxylic acids is 3. The lowest BCUT2D eigenvalue weighted by Gasteiger charge is -2.22. The fourth-order valence-corrected chi connectivity index (χ4v) is 3.61. The number of benzene rings is 1. The third-order valence-corrected chi connectivity index (χ3v) is 5.13. The van der Waals surface area contributed by atoms with Gasteiger partial charge < -0.3 is 19.4 Å². The summed E-state index contributed by atoms with van der Waals surface area (Å²) in [6.07, 6.45) is 4.19. The molecule has 0 bridgehead atoms. The largest absolute Gasteiger partial charge is 0.459 e. The van der Waals surface area contributed by atoms with E-state index in [1.165, 1.54) is 11.2 Å². The van der Waals surface area contributed by atoms with Gasteiger partial charge in [0.15, 0.2) is 12.4 Å². The van der Waals surface area contributed by atoms with Gasteiger partial charge in [0.2, 0.25) is 0 Å². The molecule has 1 atom stereocenters. The maximum Gasteiger partial charge on any atom is 0.329 e. The van der Waals surface area contributed by atoms with E-state index in [-0.39, 0.29) is 18.3 Å². The molecule has 1 aromatic heterocycles. The van der Waals surface area contributed by atoms with Gasteiger partial charge in [-0.15, -0.1) is 0 Å². The number of amides is 2. The number of rotatable bonds is 7. The molecule has 0 spiro atoms. The number of likely N-dealkylation sites (tertiary alicyclic amines) is 1. The third-order valence-electron chi connectivity index (χ3n) is 5.13. The Hall–Kier alpha value is -3.09. The summed E-state index contributed by atoms with van der Waals surface area (Å²) in [6, 6.07) is 8.40. The topological polar surface area (TPSA) is 88.9 Å². The molecule has 2 amide bonds. The molecule has 0 saturated carbocycles. The molecule has 7 heteroatoms. The molecular formula is C22H26N2O5. The van der Waals surface area contributed by atoms with Crippen molar-refractivity contribution >= 4 is 23.5 Å². The summed E-state index contributed by atoms with van der Waals surface area (Å²) in [5.74, 6) is -1.12. The Kier molecular flexibility index (Phi) is 6.69. The Balaban J connectivity index is 1.59. The predicted molar refractivity (Wildman–Crippen MR) is 108 cm³/mol. The van der Waals surface area contributed by atoms with E-state index in [2.05, 4.69) is 5.32 Å². The van der Waals surface area contributed by atoms with Gasteiger partial charge in [-0.05, 0) is 48.9 Å². The highest BCUT2D eigenvalue weighted by Crippen LogP contribution is 2.23. The van der Waals surface area contributed by atoms with Crippen molar-refractivity contribution in [2.45, 2.75) is 45.6 Å². The molecule has 0 unspecified atom stereocenters. The van der Waals surface area contributed by atoms with E-state index in [0.29, 0.717) is 19.4 Å². The van der Waals surface area contributed by atoms with Gasteiger partial charge in [-0.25, -0.2) is 4.79 Å². The predicted octanol–water partition coefficient (Wildman–Crippen LogP) is 3.19. The molecule has 1 fully saturated rings. The number of anilines is 1. The Morgan fingerprint density at radius 3 is 2.48 bits per heavy atom. The summed E-state index contributed by atoms with van der Waals surface area (Å²) in [7, 11) is 0. The van der Waals surface area contributed by atoms with Crippen LogP contribution in [0.4, 0.5) is 5.69 Å². The number of esters is 1. The first-order valence-corrected chi connectivity index (χ1v) is 9.96. The van der Waals surface area contributed by atoms with Gasteiger partial charge in [-0.1, -0.05) is 32.0 Å². The molecule has 154 valence electrons. The van der Waals surface area contributed by atoms with Crippen molar-refractivity contribution in [1.82, 2.24) is 4.90 Å². The minimum absolute atomic E-state index is 0.186. The number of hydrogen-bond donors (Lipinski definition) is 1. The molecule has 29 heavy (non-hydrogen) atoms. The van der Waals surface area contributed by atoms with Gasteiger partial charge in [0.05, 0.1) is 6.26 Å². The van der Waals surface area contributed by atoms with E-state index in [1.54, 1.807) is 12.1 Å². The van der Waals surface area contributed by atoms with Crippen LogP contribution in [-0.4, -0.2) is 41.9 Å². The Labute approximate surface area is 170 Å². The summed E-state index contributed by atoms with van der Waals surface area (Å²) in [5.41, 5.74) is 2.86. The molecule has 7 nitrogen and oxygen atoms in total. The highest BCUT2D eigenvalue weighted by atomic mass is 16.5. The molecule has 1 N–H and O–H groups in total. The van der Waals surface area contributed by atoms with Crippen LogP contribution in [0.25, 0.3) is 0 Å². The summed E-state index contributed by atoms with van der Waals surface area (Å²) < 4.78 is 10.4. The van der Waals surface area contributed by atoms with Crippen molar-refractivity contribution in [3.8, 4) is 0 Å². The van der Waals surface area contributed by atoms with Crippen LogP contribution >= 0.6 is 0 Å². The summed E-state index contributed by atoms with van der Waals surface area (Å²) >= 11 is 0. The molecule has 2 aromatic rings. The lowest BCUT2D eigenvalue weighted by atomic mass is 10.0. The summed E-state index contributed by atoms with van der Waals surface area (Å²) in [6.45, 7) is 4.11. The van der Waals surface area contributed by atoms with E-state index < -0.39 is 17.9 Å². The van der Waals surface area contributed by atoms with E-state index in [9.17, 15) is 14.4 Å². The third kappa shape index (κ3) is 4.67. The van der Waals surface area contributed by atoms with Crippen molar-refractivity contribution in [2.75, 3.05) is 18.5 Å². The lowest BCUT2D eigenvalue weighted by molar-refractivity contribution is -0.151. The molecule has 1 aliphatic heterocycles. The van der Waals surface area contributed by atoms with Gasteiger partial charge in [-0.3, -0.25) is 9.59 Å². The molecule has 0 radical (unpaired) electrons. The normalized spacial score (nSPS) is 15.9. The van der Waals surface area contributed by atoms with Gasteiger partial charge >= 0.3 is 5.97 Å². The van der Waals surface area contributed by atoms with Crippen molar-refractivity contribution in [1.29, 1.82) is 0 Å². The maximum absolute atomic E-state index is 12.5. The molecule has 2 heterocycles. The zero-order chi connectivity index (χ0) is 20.8. The second kappa shape index (κ2) is 9.41. The van der Waals surface area contributed by atoms with E-state index in [0.717, 1.165) is 29.7 Å². The monoisotopic (exact) mass is 398 g/mol. The quantitative estimate of drug-likeness (QED) is 0.724. The van der Waals surface area contributed by atoms with Gasteiger partial charge in [-0.2, -0.15) is 0 Å². The first-order valence-electron chi connectivity index (χ1n) is 9.96. The second-order valence-electron chi connectivity index (χ2n) is 6.95. The summed E-state index contributed by atoms with van der Waals surface area (Å²) in [5, 5.41) is 2.87.